The summed E-state index contributed by atoms with van der Waals surface area (Å²) >= 11 is 0. The van der Waals surface area contributed by atoms with Crippen molar-refractivity contribution in [1.82, 2.24) is 4.90 Å². The first-order chi connectivity index (χ1) is 13.7. The number of methoxy groups -OCH3 is 1. The van der Waals surface area contributed by atoms with E-state index in [4.69, 9.17) is 9.47 Å². The third kappa shape index (κ3) is 3.91. The van der Waals surface area contributed by atoms with Gasteiger partial charge in [-0.1, -0.05) is 37.6 Å². The number of likely N-dealkylation sites (tertiary alicyclic amines) is 1. The van der Waals surface area contributed by atoms with E-state index >= 15 is 0 Å². The molecule has 150 valence electrons. The minimum atomic E-state index is 0.404. The summed E-state index contributed by atoms with van der Waals surface area (Å²) in [5.74, 6) is 1.85. The molecule has 0 N–H and O–H groups in total. The zero-order valence-corrected chi connectivity index (χ0v) is 17.4. The SMILES string of the molecule is CCCN1CCCCC12CCc1cc(OCc3ccccc3OC)ccc1C2. The van der Waals surface area contributed by atoms with Crippen LogP contribution in [0.4, 0.5) is 0 Å². The van der Waals surface area contributed by atoms with E-state index in [1.165, 1.54) is 69.2 Å². The summed E-state index contributed by atoms with van der Waals surface area (Å²) in [6.07, 6.45) is 9.02. The Balaban J connectivity index is 1.47. The van der Waals surface area contributed by atoms with E-state index in [0.29, 0.717) is 12.1 Å². The summed E-state index contributed by atoms with van der Waals surface area (Å²) < 4.78 is 11.5. The van der Waals surface area contributed by atoms with Crippen molar-refractivity contribution in [1.29, 1.82) is 0 Å². The molecular weight excluding hydrogens is 346 g/mol. The van der Waals surface area contributed by atoms with Crippen LogP contribution in [-0.4, -0.2) is 30.6 Å². The average Bonchev–Trinajstić information content (AvgIpc) is 2.74. The van der Waals surface area contributed by atoms with E-state index in [1.807, 2.05) is 18.2 Å². The first-order valence-electron chi connectivity index (χ1n) is 10.9. The fourth-order valence-corrected chi connectivity index (χ4v) is 5.14. The van der Waals surface area contributed by atoms with E-state index in [9.17, 15) is 0 Å². The van der Waals surface area contributed by atoms with Gasteiger partial charge in [-0.2, -0.15) is 0 Å². The van der Waals surface area contributed by atoms with Gasteiger partial charge in [0.05, 0.1) is 7.11 Å². The number of para-hydroxylation sites is 1. The Morgan fingerprint density at radius 3 is 2.79 bits per heavy atom. The third-order valence-corrected chi connectivity index (χ3v) is 6.63. The molecule has 1 spiro atoms. The summed E-state index contributed by atoms with van der Waals surface area (Å²) in [5, 5.41) is 0. The van der Waals surface area contributed by atoms with Crippen molar-refractivity contribution >= 4 is 0 Å². The van der Waals surface area contributed by atoms with Crippen molar-refractivity contribution in [3.8, 4) is 11.5 Å². The van der Waals surface area contributed by atoms with Crippen molar-refractivity contribution in [2.75, 3.05) is 20.2 Å². The average molecular weight is 380 g/mol. The van der Waals surface area contributed by atoms with E-state index < -0.39 is 0 Å². The molecule has 0 aromatic heterocycles. The smallest absolute Gasteiger partial charge is 0.125 e. The molecule has 1 aliphatic carbocycles. The second-order valence-electron chi connectivity index (χ2n) is 8.38. The molecule has 2 aliphatic rings. The van der Waals surface area contributed by atoms with Gasteiger partial charge in [-0.15, -0.1) is 0 Å². The molecule has 28 heavy (non-hydrogen) atoms. The predicted octanol–water partition coefficient (Wildman–Crippen LogP) is 5.40. The lowest BCUT2D eigenvalue weighted by molar-refractivity contribution is 0.0340. The Bertz CT molecular complexity index is 801. The quantitative estimate of drug-likeness (QED) is 0.671. The lowest BCUT2D eigenvalue weighted by Crippen LogP contribution is -2.55. The summed E-state index contributed by atoms with van der Waals surface area (Å²) in [4.78, 5) is 2.80. The molecule has 3 heteroatoms. The normalized spacial score (nSPS) is 22.1. The van der Waals surface area contributed by atoms with Gasteiger partial charge in [0.25, 0.3) is 0 Å². The first-order valence-corrected chi connectivity index (χ1v) is 10.9. The van der Waals surface area contributed by atoms with E-state index in [0.717, 1.165) is 17.1 Å². The van der Waals surface area contributed by atoms with Crippen LogP contribution in [0.25, 0.3) is 0 Å². The number of aryl methyl sites for hydroxylation is 1. The first kappa shape index (κ1) is 19.3. The second-order valence-corrected chi connectivity index (χ2v) is 8.38. The molecule has 1 saturated heterocycles. The molecule has 0 amide bonds. The van der Waals surface area contributed by atoms with Crippen LogP contribution in [-0.2, 0) is 19.4 Å². The highest BCUT2D eigenvalue weighted by Gasteiger charge is 2.40. The highest BCUT2D eigenvalue weighted by atomic mass is 16.5. The van der Waals surface area contributed by atoms with Gasteiger partial charge in [0, 0.05) is 11.1 Å². The third-order valence-electron chi connectivity index (χ3n) is 6.63. The molecule has 4 rings (SSSR count). The van der Waals surface area contributed by atoms with Crippen LogP contribution in [0.15, 0.2) is 42.5 Å². The molecule has 0 saturated carbocycles. The van der Waals surface area contributed by atoms with E-state index in [-0.39, 0.29) is 0 Å². The van der Waals surface area contributed by atoms with E-state index in [1.54, 1.807) is 7.11 Å². The van der Waals surface area contributed by atoms with Crippen LogP contribution < -0.4 is 9.47 Å². The molecule has 2 aromatic rings. The molecule has 1 aliphatic heterocycles. The summed E-state index contributed by atoms with van der Waals surface area (Å²) in [6.45, 7) is 5.38. The van der Waals surface area contributed by atoms with Crippen molar-refractivity contribution in [3.05, 3.63) is 59.2 Å². The molecule has 0 radical (unpaired) electrons. The molecular formula is C25H33NO2. The van der Waals surface area contributed by atoms with Gasteiger partial charge in [-0.3, -0.25) is 4.90 Å². The number of hydrogen-bond donors (Lipinski definition) is 0. The highest BCUT2D eigenvalue weighted by molar-refractivity contribution is 5.40. The minimum absolute atomic E-state index is 0.404. The Morgan fingerprint density at radius 1 is 1.04 bits per heavy atom. The highest BCUT2D eigenvalue weighted by Crippen LogP contribution is 2.40. The Labute approximate surface area is 169 Å². The van der Waals surface area contributed by atoms with Crippen LogP contribution in [0.2, 0.25) is 0 Å². The standard InChI is InChI=1S/C25H33NO2/c1-3-15-26-16-7-6-13-25(26)14-12-20-17-23(11-10-21(20)18-25)28-19-22-8-4-5-9-24(22)27-2/h4-5,8-11,17H,3,6-7,12-16,18-19H2,1-2H3. The topological polar surface area (TPSA) is 21.7 Å². The number of hydrogen-bond acceptors (Lipinski definition) is 3. The Morgan fingerprint density at radius 2 is 1.93 bits per heavy atom. The van der Waals surface area contributed by atoms with Crippen LogP contribution in [0, 0.1) is 0 Å². The van der Waals surface area contributed by atoms with Crippen molar-refractivity contribution < 1.29 is 9.47 Å². The van der Waals surface area contributed by atoms with Gasteiger partial charge >= 0.3 is 0 Å². The monoisotopic (exact) mass is 379 g/mol. The molecule has 1 fully saturated rings. The summed E-state index contributed by atoms with van der Waals surface area (Å²) in [5.41, 5.74) is 4.49. The zero-order chi connectivity index (χ0) is 19.4. The Hall–Kier alpha value is -2.00. The van der Waals surface area contributed by atoms with Crippen molar-refractivity contribution in [2.45, 2.75) is 64.0 Å². The fraction of sp³-hybridized carbons (Fsp3) is 0.520. The van der Waals surface area contributed by atoms with Gasteiger partial charge in [-0.05, 0) is 80.9 Å². The summed E-state index contributed by atoms with van der Waals surface area (Å²) in [6, 6.07) is 14.8. The van der Waals surface area contributed by atoms with Crippen LogP contribution in [0.3, 0.4) is 0 Å². The van der Waals surface area contributed by atoms with Crippen molar-refractivity contribution in [2.24, 2.45) is 0 Å². The number of piperidine rings is 1. The number of fused-ring (bicyclic) bond motifs is 1. The Kier molecular flexibility index (Phi) is 5.91. The molecule has 0 bridgehead atoms. The van der Waals surface area contributed by atoms with Gasteiger partial charge in [0.15, 0.2) is 0 Å². The van der Waals surface area contributed by atoms with Gasteiger partial charge in [0.1, 0.15) is 18.1 Å². The van der Waals surface area contributed by atoms with Gasteiger partial charge in [0.2, 0.25) is 0 Å². The lowest BCUT2D eigenvalue weighted by atomic mass is 9.72. The predicted molar refractivity (Wildman–Crippen MR) is 114 cm³/mol. The van der Waals surface area contributed by atoms with E-state index in [2.05, 4.69) is 36.1 Å². The fourth-order valence-electron chi connectivity index (χ4n) is 5.14. The maximum Gasteiger partial charge on any atom is 0.125 e. The van der Waals surface area contributed by atoms with Gasteiger partial charge in [-0.25, -0.2) is 0 Å². The largest absolute Gasteiger partial charge is 0.496 e. The van der Waals surface area contributed by atoms with Crippen molar-refractivity contribution in [3.63, 3.8) is 0 Å². The molecule has 1 atom stereocenters. The van der Waals surface area contributed by atoms with Crippen LogP contribution in [0.1, 0.15) is 55.7 Å². The molecule has 1 heterocycles. The second kappa shape index (κ2) is 8.57. The zero-order valence-electron chi connectivity index (χ0n) is 17.4. The maximum atomic E-state index is 6.11. The molecule has 1 unspecified atom stereocenters. The lowest BCUT2D eigenvalue weighted by Gasteiger charge is -2.50. The van der Waals surface area contributed by atoms with Crippen LogP contribution >= 0.6 is 0 Å². The number of nitrogens with zero attached hydrogens (tertiary/aromatic N) is 1. The summed E-state index contributed by atoms with van der Waals surface area (Å²) in [7, 11) is 1.71. The number of rotatable bonds is 6. The van der Waals surface area contributed by atoms with Gasteiger partial charge < -0.3 is 9.47 Å². The maximum absolute atomic E-state index is 6.11. The number of ether oxygens (including phenoxy) is 2. The molecule has 2 aromatic carbocycles. The molecule has 3 nitrogen and oxygen atoms in total. The minimum Gasteiger partial charge on any atom is -0.496 e. The van der Waals surface area contributed by atoms with Crippen LogP contribution in [0.5, 0.6) is 11.5 Å². The number of benzene rings is 2.